The molecule has 0 atom stereocenters. The van der Waals surface area contributed by atoms with E-state index in [4.69, 9.17) is 4.42 Å². The van der Waals surface area contributed by atoms with Crippen molar-refractivity contribution < 1.29 is 22.7 Å². The van der Waals surface area contributed by atoms with Crippen LogP contribution in [-0.2, 0) is 15.6 Å². The van der Waals surface area contributed by atoms with E-state index < -0.39 is 26.7 Å². The van der Waals surface area contributed by atoms with Crippen molar-refractivity contribution in [1.29, 1.82) is 0 Å². The van der Waals surface area contributed by atoms with Gasteiger partial charge in [0, 0.05) is 24.0 Å². The number of aryl methyl sites for hydroxylation is 1. The first-order valence-electron chi connectivity index (χ1n) is 9.55. The Morgan fingerprint density at radius 3 is 2.41 bits per heavy atom. The molecule has 0 unspecified atom stereocenters. The Balaban J connectivity index is 0.00000363. The van der Waals surface area contributed by atoms with Crippen LogP contribution in [0.1, 0.15) is 50.7 Å². The van der Waals surface area contributed by atoms with Gasteiger partial charge < -0.3 is 15.7 Å². The molecule has 6 N–H and O–H groups in total. The average Bonchev–Trinajstić information content (AvgIpc) is 3.28. The number of aliphatic hydroxyl groups is 1. The van der Waals surface area contributed by atoms with Gasteiger partial charge in [0.1, 0.15) is 11.6 Å². The van der Waals surface area contributed by atoms with Crippen molar-refractivity contribution in [2.75, 3.05) is 5.32 Å². The summed E-state index contributed by atoms with van der Waals surface area (Å²) in [4.78, 5) is 21.1. The van der Waals surface area contributed by atoms with Crippen LogP contribution in [0.3, 0.4) is 0 Å². The Morgan fingerprint density at radius 1 is 1.25 bits per heavy atom. The number of nitrogens with zero attached hydrogens (tertiary/aromatic N) is 3. The van der Waals surface area contributed by atoms with Gasteiger partial charge in [-0.2, -0.15) is 8.42 Å². The number of furan rings is 1. The summed E-state index contributed by atoms with van der Waals surface area (Å²) in [7, 11) is -4.30. The van der Waals surface area contributed by atoms with E-state index in [0.717, 1.165) is 6.26 Å². The predicted molar refractivity (Wildman–Crippen MR) is 119 cm³/mol. The number of hydrogen-bond donors (Lipinski definition) is 4. The molecule has 3 heterocycles. The fraction of sp³-hybridized carbons (Fsp3) is 0.350. The summed E-state index contributed by atoms with van der Waals surface area (Å²) in [5, 5.41) is 12.1. The topological polar surface area (TPSA) is 174 Å². The molecule has 0 aliphatic rings. The van der Waals surface area contributed by atoms with Crippen molar-refractivity contribution in [2.45, 2.75) is 51.2 Å². The van der Waals surface area contributed by atoms with Gasteiger partial charge in [0.05, 0.1) is 23.2 Å². The quantitative estimate of drug-likeness (QED) is 0.430. The lowest BCUT2D eigenvalue weighted by molar-refractivity contribution is 0.0779. The number of anilines is 1. The first-order valence-corrected chi connectivity index (χ1v) is 11.0. The van der Waals surface area contributed by atoms with E-state index in [1.54, 1.807) is 36.0 Å². The second-order valence-corrected chi connectivity index (χ2v) is 9.47. The maximum atomic E-state index is 12.6. The van der Waals surface area contributed by atoms with Crippen molar-refractivity contribution in [3.63, 3.8) is 0 Å². The van der Waals surface area contributed by atoms with Gasteiger partial charge in [-0.05, 0) is 38.8 Å². The van der Waals surface area contributed by atoms with Gasteiger partial charge in [-0.1, -0.05) is 13.8 Å². The number of nitrogens with one attached hydrogen (secondary N) is 2. The molecular weight excluding hydrogens is 436 g/mol. The minimum atomic E-state index is -4.30. The third-order valence-corrected chi connectivity index (χ3v) is 5.74. The Kier molecular flexibility index (Phi) is 7.13. The van der Waals surface area contributed by atoms with Gasteiger partial charge in [0.15, 0.2) is 0 Å². The lowest BCUT2D eigenvalue weighted by Crippen LogP contribution is -2.35. The summed E-state index contributed by atoms with van der Waals surface area (Å²) in [5.74, 6) is 0.935. The van der Waals surface area contributed by atoms with E-state index in [2.05, 4.69) is 15.3 Å². The highest BCUT2D eigenvalue weighted by molar-refractivity contribution is 7.89. The van der Waals surface area contributed by atoms with Crippen LogP contribution in [0.4, 0.5) is 10.6 Å². The zero-order valence-corrected chi connectivity index (χ0v) is 19.4. The number of pyridine rings is 1. The molecule has 0 saturated heterocycles. The van der Waals surface area contributed by atoms with Crippen LogP contribution in [0.5, 0.6) is 0 Å². The van der Waals surface area contributed by atoms with Crippen molar-refractivity contribution in [2.24, 2.45) is 0 Å². The number of sulfonamides is 1. The molecule has 0 aliphatic carbocycles. The minimum absolute atomic E-state index is 0. The summed E-state index contributed by atoms with van der Waals surface area (Å²) in [5.41, 5.74) is 0.289. The summed E-state index contributed by atoms with van der Waals surface area (Å²) in [6, 6.07) is 3.69. The number of imidazole rings is 1. The van der Waals surface area contributed by atoms with Gasteiger partial charge in [-0.15, -0.1) is 0 Å². The van der Waals surface area contributed by atoms with Crippen LogP contribution < -0.4 is 16.2 Å². The highest BCUT2D eigenvalue weighted by Gasteiger charge is 2.27. The van der Waals surface area contributed by atoms with Gasteiger partial charge in [0.2, 0.25) is 5.09 Å². The molecule has 0 aliphatic heterocycles. The monoisotopic (exact) mass is 464 g/mol. The molecule has 0 fully saturated rings. The highest BCUT2D eigenvalue weighted by atomic mass is 32.2. The van der Waals surface area contributed by atoms with Crippen LogP contribution in [0, 0.1) is 6.92 Å². The number of hydrogen-bond acceptors (Lipinski definition) is 8. The molecule has 12 heteroatoms. The maximum Gasteiger partial charge on any atom is 0.334 e. The van der Waals surface area contributed by atoms with E-state index in [1.807, 2.05) is 18.6 Å². The van der Waals surface area contributed by atoms with Crippen molar-refractivity contribution in [3.05, 3.63) is 53.9 Å². The number of amides is 2. The lowest BCUT2D eigenvalue weighted by atomic mass is 10.0. The van der Waals surface area contributed by atoms with Crippen LogP contribution >= 0.6 is 0 Å². The van der Waals surface area contributed by atoms with Gasteiger partial charge in [-0.25, -0.2) is 14.5 Å². The zero-order valence-electron chi connectivity index (χ0n) is 18.6. The van der Waals surface area contributed by atoms with Gasteiger partial charge in [0.25, 0.3) is 10.0 Å². The molecular formula is C20H28N6O5S. The summed E-state index contributed by atoms with van der Waals surface area (Å²) in [6.45, 7) is 8.60. The summed E-state index contributed by atoms with van der Waals surface area (Å²) >= 11 is 0. The zero-order chi connectivity index (χ0) is 23.0. The SMILES string of the molecule is Cc1nc(C(C)C)c(NC(=O)NS(=O)(=O)c2cc(C(C)(C)O)co2)n1-c1ccncc1.N. The van der Waals surface area contributed by atoms with Crippen molar-refractivity contribution in [1.82, 2.24) is 25.4 Å². The fourth-order valence-electron chi connectivity index (χ4n) is 2.97. The van der Waals surface area contributed by atoms with E-state index in [0.29, 0.717) is 23.0 Å². The third kappa shape index (κ3) is 5.15. The number of carbonyl (C=O) groups is 1. The number of carbonyl (C=O) groups excluding carboxylic acids is 1. The third-order valence-electron chi connectivity index (χ3n) is 4.55. The summed E-state index contributed by atoms with van der Waals surface area (Å²) < 4.78 is 33.8. The van der Waals surface area contributed by atoms with E-state index >= 15 is 0 Å². The lowest BCUT2D eigenvalue weighted by Gasteiger charge is -2.14. The molecule has 174 valence electrons. The molecule has 0 saturated carbocycles. The van der Waals surface area contributed by atoms with E-state index in [-0.39, 0.29) is 17.6 Å². The Morgan fingerprint density at radius 2 is 1.88 bits per heavy atom. The standard InChI is InChI=1S/C20H25N5O5S.H3N/c1-12(2)17-18(25(13(3)22-17)15-6-8-21-9-7-15)23-19(26)24-31(28,29)16-10-14(11-30-16)20(4,5)27;/h6-12,27H,1-5H3,(H2,23,24,26);1H3. The second kappa shape index (κ2) is 9.10. The van der Waals surface area contributed by atoms with E-state index in [1.165, 1.54) is 19.9 Å². The molecule has 0 bridgehead atoms. The Bertz CT molecular complexity index is 1190. The molecule has 3 aromatic heterocycles. The predicted octanol–water partition coefficient (Wildman–Crippen LogP) is 3.19. The molecule has 32 heavy (non-hydrogen) atoms. The summed E-state index contributed by atoms with van der Waals surface area (Å²) in [6.07, 6.45) is 4.34. The largest absolute Gasteiger partial charge is 0.451 e. The molecule has 3 aromatic rings. The van der Waals surface area contributed by atoms with Crippen molar-refractivity contribution >= 4 is 21.9 Å². The highest BCUT2D eigenvalue weighted by Crippen LogP contribution is 2.29. The number of aromatic nitrogens is 3. The maximum absolute atomic E-state index is 12.6. The normalized spacial score (nSPS) is 11.8. The number of rotatable bonds is 6. The van der Waals surface area contributed by atoms with Crippen LogP contribution in [0.2, 0.25) is 0 Å². The average molecular weight is 465 g/mol. The van der Waals surface area contributed by atoms with Crippen LogP contribution in [0.25, 0.3) is 5.69 Å². The van der Waals surface area contributed by atoms with Gasteiger partial charge in [-0.3, -0.25) is 14.9 Å². The second-order valence-electron chi connectivity index (χ2n) is 7.86. The first kappa shape index (κ1) is 25.0. The molecule has 0 spiro atoms. The van der Waals surface area contributed by atoms with Crippen LogP contribution in [-0.4, -0.2) is 34.1 Å². The molecule has 3 rings (SSSR count). The molecule has 0 radical (unpaired) electrons. The molecule has 11 nitrogen and oxygen atoms in total. The molecule has 0 aromatic carbocycles. The Labute approximate surface area is 186 Å². The van der Waals surface area contributed by atoms with Crippen molar-refractivity contribution in [3.8, 4) is 5.69 Å². The smallest absolute Gasteiger partial charge is 0.334 e. The molecule has 2 amide bonds. The van der Waals surface area contributed by atoms with Gasteiger partial charge >= 0.3 is 6.03 Å². The Hall–Kier alpha value is -3.22. The minimum Gasteiger partial charge on any atom is -0.451 e. The van der Waals surface area contributed by atoms with E-state index in [9.17, 15) is 18.3 Å². The van der Waals surface area contributed by atoms with Crippen LogP contribution in [0.15, 0.2) is 46.4 Å². The number of urea groups is 1. The fourth-order valence-corrected chi connectivity index (χ4v) is 3.82. The first-order chi connectivity index (χ1) is 14.4.